The van der Waals surface area contributed by atoms with Crippen LogP contribution in [0.1, 0.15) is 6.92 Å². The first kappa shape index (κ1) is 12.2. The molecule has 0 fully saturated rings. The fourth-order valence-corrected chi connectivity index (χ4v) is 1.06. The van der Waals surface area contributed by atoms with E-state index in [0.29, 0.717) is 5.69 Å². The molecule has 0 bridgehead atoms. The lowest BCUT2D eigenvalue weighted by Gasteiger charge is -2.08. The molecule has 4 N–H and O–H groups in total. The lowest BCUT2D eigenvalue weighted by atomic mass is 10.3. The summed E-state index contributed by atoms with van der Waals surface area (Å²) in [5.74, 6) is -0.622. The first-order valence-corrected chi connectivity index (χ1v) is 4.98. The summed E-state index contributed by atoms with van der Waals surface area (Å²) in [6.07, 6.45) is 0. The van der Waals surface area contributed by atoms with E-state index >= 15 is 0 Å². The molecule has 1 rings (SSSR count). The minimum Gasteiger partial charge on any atom is -0.346 e. The largest absolute Gasteiger partial charge is 0.346 e. The van der Waals surface area contributed by atoms with Crippen molar-refractivity contribution in [2.45, 2.75) is 13.0 Å². The standard InChI is InChI=1S/C11H15N3O2/c1-8(12)11(16)13-7-10(15)14-9-5-3-2-4-6-9/h2-6,8H,7,12H2,1H3,(H,13,16)(H,14,15)/t8-/m1/s1. The number of anilines is 1. The van der Waals surface area contributed by atoms with Gasteiger partial charge in [0.15, 0.2) is 0 Å². The van der Waals surface area contributed by atoms with E-state index in [1.165, 1.54) is 0 Å². The van der Waals surface area contributed by atoms with Gasteiger partial charge in [0.05, 0.1) is 12.6 Å². The smallest absolute Gasteiger partial charge is 0.243 e. The van der Waals surface area contributed by atoms with Gasteiger partial charge in [0.25, 0.3) is 0 Å². The third kappa shape index (κ3) is 4.10. The molecule has 0 saturated heterocycles. The van der Waals surface area contributed by atoms with E-state index in [1.54, 1.807) is 19.1 Å². The first-order valence-electron chi connectivity index (χ1n) is 4.98. The number of nitrogens with two attached hydrogens (primary N) is 1. The second kappa shape index (κ2) is 5.87. The van der Waals surface area contributed by atoms with Crippen molar-refractivity contribution in [3.63, 3.8) is 0 Å². The van der Waals surface area contributed by atoms with E-state index in [-0.39, 0.29) is 18.4 Å². The minimum absolute atomic E-state index is 0.0741. The molecule has 1 atom stereocenters. The molecule has 0 aliphatic heterocycles. The predicted molar refractivity (Wildman–Crippen MR) is 61.7 cm³/mol. The van der Waals surface area contributed by atoms with Gasteiger partial charge >= 0.3 is 0 Å². The highest BCUT2D eigenvalue weighted by Crippen LogP contribution is 2.03. The van der Waals surface area contributed by atoms with E-state index in [9.17, 15) is 9.59 Å². The summed E-state index contributed by atoms with van der Waals surface area (Å²) in [4.78, 5) is 22.5. The van der Waals surface area contributed by atoms with Crippen LogP contribution in [0.15, 0.2) is 30.3 Å². The van der Waals surface area contributed by atoms with Gasteiger partial charge < -0.3 is 16.4 Å². The van der Waals surface area contributed by atoms with Crippen molar-refractivity contribution in [3.05, 3.63) is 30.3 Å². The lowest BCUT2D eigenvalue weighted by molar-refractivity contribution is -0.124. The number of amides is 2. The number of rotatable bonds is 4. The number of benzene rings is 1. The van der Waals surface area contributed by atoms with Gasteiger partial charge in [0.2, 0.25) is 11.8 Å². The van der Waals surface area contributed by atoms with E-state index in [4.69, 9.17) is 5.73 Å². The summed E-state index contributed by atoms with van der Waals surface area (Å²) in [6.45, 7) is 1.49. The van der Waals surface area contributed by atoms with Gasteiger partial charge in [-0.05, 0) is 19.1 Å². The average Bonchev–Trinajstić information content (AvgIpc) is 2.27. The number of para-hydroxylation sites is 1. The van der Waals surface area contributed by atoms with Crippen LogP contribution in [0.25, 0.3) is 0 Å². The lowest BCUT2D eigenvalue weighted by Crippen LogP contribution is -2.41. The number of hydrogen-bond acceptors (Lipinski definition) is 3. The van der Waals surface area contributed by atoms with Gasteiger partial charge in [-0.2, -0.15) is 0 Å². The molecule has 0 aromatic heterocycles. The van der Waals surface area contributed by atoms with E-state index in [0.717, 1.165) is 0 Å². The number of carbonyl (C=O) groups is 2. The summed E-state index contributed by atoms with van der Waals surface area (Å²) in [6, 6.07) is 8.42. The quantitative estimate of drug-likeness (QED) is 0.673. The van der Waals surface area contributed by atoms with Crippen LogP contribution in [0.2, 0.25) is 0 Å². The van der Waals surface area contributed by atoms with Crippen LogP contribution in [-0.4, -0.2) is 24.4 Å². The Balaban J connectivity index is 2.35. The van der Waals surface area contributed by atoms with Crippen molar-refractivity contribution in [2.24, 2.45) is 5.73 Å². The molecule has 0 spiro atoms. The fourth-order valence-electron chi connectivity index (χ4n) is 1.06. The molecule has 2 amide bonds. The van der Waals surface area contributed by atoms with Gasteiger partial charge in [0, 0.05) is 5.69 Å². The first-order chi connectivity index (χ1) is 7.59. The van der Waals surface area contributed by atoms with Crippen molar-refractivity contribution in [2.75, 3.05) is 11.9 Å². The van der Waals surface area contributed by atoms with Gasteiger partial charge in [-0.1, -0.05) is 18.2 Å². The molecule has 1 aromatic carbocycles. The molecule has 0 saturated carbocycles. The topological polar surface area (TPSA) is 84.2 Å². The van der Waals surface area contributed by atoms with Gasteiger partial charge in [0.1, 0.15) is 0 Å². The Bertz CT molecular complexity index is 363. The van der Waals surface area contributed by atoms with E-state index in [1.807, 2.05) is 18.2 Å². The summed E-state index contributed by atoms with van der Waals surface area (Å²) in [5.41, 5.74) is 6.03. The maximum absolute atomic E-state index is 11.4. The van der Waals surface area contributed by atoms with Crippen LogP contribution in [0.5, 0.6) is 0 Å². The van der Waals surface area contributed by atoms with Crippen LogP contribution < -0.4 is 16.4 Å². The molecule has 16 heavy (non-hydrogen) atoms. The van der Waals surface area contributed by atoms with Crippen LogP contribution >= 0.6 is 0 Å². The van der Waals surface area contributed by atoms with Crippen LogP contribution in [-0.2, 0) is 9.59 Å². The molecule has 0 radical (unpaired) electrons. The van der Waals surface area contributed by atoms with Crippen LogP contribution in [0.3, 0.4) is 0 Å². The molecule has 0 heterocycles. The van der Waals surface area contributed by atoms with E-state index in [2.05, 4.69) is 10.6 Å². The highest BCUT2D eigenvalue weighted by molar-refractivity contribution is 5.95. The number of hydrogen-bond donors (Lipinski definition) is 3. The predicted octanol–water partition coefficient (Wildman–Crippen LogP) is 0.0885. The van der Waals surface area contributed by atoms with Gasteiger partial charge in [-0.3, -0.25) is 9.59 Å². The Hall–Kier alpha value is -1.88. The zero-order valence-corrected chi connectivity index (χ0v) is 9.07. The highest BCUT2D eigenvalue weighted by atomic mass is 16.2. The summed E-state index contributed by atoms with van der Waals surface area (Å²) >= 11 is 0. The Morgan fingerprint density at radius 1 is 1.31 bits per heavy atom. The third-order valence-electron chi connectivity index (χ3n) is 1.89. The Morgan fingerprint density at radius 3 is 2.50 bits per heavy atom. The SMILES string of the molecule is C[C@@H](N)C(=O)NCC(=O)Nc1ccccc1. The minimum atomic E-state index is -0.607. The molecular formula is C11H15N3O2. The van der Waals surface area contributed by atoms with E-state index < -0.39 is 6.04 Å². The van der Waals surface area contributed by atoms with Gasteiger partial charge in [-0.25, -0.2) is 0 Å². The fraction of sp³-hybridized carbons (Fsp3) is 0.273. The van der Waals surface area contributed by atoms with Crippen molar-refractivity contribution in [1.82, 2.24) is 5.32 Å². The van der Waals surface area contributed by atoms with Crippen molar-refractivity contribution >= 4 is 17.5 Å². The molecule has 5 heteroatoms. The van der Waals surface area contributed by atoms with Gasteiger partial charge in [-0.15, -0.1) is 0 Å². The third-order valence-corrected chi connectivity index (χ3v) is 1.89. The molecular weight excluding hydrogens is 206 g/mol. The summed E-state index contributed by atoms with van der Waals surface area (Å²) in [7, 11) is 0. The Morgan fingerprint density at radius 2 is 1.94 bits per heavy atom. The van der Waals surface area contributed by atoms with Crippen LogP contribution in [0, 0.1) is 0 Å². The maximum Gasteiger partial charge on any atom is 0.243 e. The molecule has 1 aromatic rings. The number of carbonyl (C=O) groups excluding carboxylic acids is 2. The normalized spacial score (nSPS) is 11.6. The van der Waals surface area contributed by atoms with Crippen molar-refractivity contribution in [3.8, 4) is 0 Å². The zero-order valence-electron chi connectivity index (χ0n) is 9.07. The summed E-state index contributed by atoms with van der Waals surface area (Å²) in [5, 5.41) is 5.07. The second-order valence-corrected chi connectivity index (χ2v) is 3.42. The maximum atomic E-state index is 11.4. The van der Waals surface area contributed by atoms with Crippen molar-refractivity contribution < 1.29 is 9.59 Å². The molecule has 0 aliphatic rings. The average molecular weight is 221 g/mol. The van der Waals surface area contributed by atoms with Crippen LogP contribution in [0.4, 0.5) is 5.69 Å². The second-order valence-electron chi connectivity index (χ2n) is 3.42. The molecule has 86 valence electrons. The zero-order chi connectivity index (χ0) is 12.0. The summed E-state index contributed by atoms with van der Waals surface area (Å²) < 4.78 is 0. The molecule has 0 unspecified atom stereocenters. The number of nitrogens with one attached hydrogen (secondary N) is 2. The Labute approximate surface area is 94.0 Å². The highest BCUT2D eigenvalue weighted by Gasteiger charge is 2.08. The molecule has 0 aliphatic carbocycles. The Kier molecular flexibility index (Phi) is 4.47. The monoisotopic (exact) mass is 221 g/mol. The molecule has 5 nitrogen and oxygen atoms in total. The van der Waals surface area contributed by atoms with Crippen molar-refractivity contribution in [1.29, 1.82) is 0 Å².